The maximum Gasteiger partial charge on any atom is 0.417 e. The lowest BCUT2D eigenvalue weighted by Gasteiger charge is -2.13. The Morgan fingerprint density at radius 2 is 1.59 bits per heavy atom. The SMILES string of the molecule is O=S(=O)(Nc1ccc(Cl)c(C(F)(F)F)c1)c1ccccc1Cl. The Bertz CT molecular complexity index is 807. The van der Waals surface area contributed by atoms with Gasteiger partial charge in [0.1, 0.15) is 4.90 Å². The van der Waals surface area contributed by atoms with Crippen molar-refractivity contribution in [2.45, 2.75) is 11.1 Å². The van der Waals surface area contributed by atoms with E-state index in [0.717, 1.165) is 12.1 Å². The molecule has 0 amide bonds. The first-order chi connectivity index (χ1) is 10.1. The second kappa shape index (κ2) is 5.98. The highest BCUT2D eigenvalue weighted by Crippen LogP contribution is 2.36. The van der Waals surface area contributed by atoms with E-state index in [2.05, 4.69) is 0 Å². The van der Waals surface area contributed by atoms with Gasteiger partial charge in [-0.15, -0.1) is 0 Å². The van der Waals surface area contributed by atoms with Crippen LogP contribution in [0.5, 0.6) is 0 Å². The average Bonchev–Trinajstić information content (AvgIpc) is 2.39. The molecule has 0 saturated carbocycles. The van der Waals surface area contributed by atoms with Crippen LogP contribution in [0.15, 0.2) is 47.4 Å². The van der Waals surface area contributed by atoms with Crippen LogP contribution < -0.4 is 4.72 Å². The largest absolute Gasteiger partial charge is 0.417 e. The molecular weight excluding hydrogens is 362 g/mol. The normalized spacial score (nSPS) is 12.2. The van der Waals surface area contributed by atoms with Gasteiger partial charge in [0.2, 0.25) is 0 Å². The number of alkyl halides is 3. The highest BCUT2D eigenvalue weighted by Gasteiger charge is 2.33. The number of hydrogen-bond acceptors (Lipinski definition) is 2. The molecule has 0 atom stereocenters. The monoisotopic (exact) mass is 369 g/mol. The molecule has 0 aliphatic heterocycles. The second-order valence-electron chi connectivity index (χ2n) is 4.23. The third-order valence-electron chi connectivity index (χ3n) is 2.65. The molecule has 0 aliphatic carbocycles. The van der Waals surface area contributed by atoms with Crippen molar-refractivity contribution in [2.24, 2.45) is 0 Å². The summed E-state index contributed by atoms with van der Waals surface area (Å²) in [5.74, 6) is 0. The number of rotatable bonds is 3. The van der Waals surface area contributed by atoms with Gasteiger partial charge in [0, 0.05) is 5.69 Å². The molecule has 0 aliphatic rings. The van der Waals surface area contributed by atoms with Gasteiger partial charge in [0.25, 0.3) is 10.0 Å². The van der Waals surface area contributed by atoms with Crippen LogP contribution in [0.3, 0.4) is 0 Å². The van der Waals surface area contributed by atoms with Gasteiger partial charge in [-0.2, -0.15) is 13.2 Å². The zero-order chi connectivity index (χ0) is 16.5. The van der Waals surface area contributed by atoms with E-state index in [4.69, 9.17) is 23.2 Å². The molecule has 0 radical (unpaired) electrons. The first kappa shape index (κ1) is 16.9. The summed E-state index contributed by atoms with van der Waals surface area (Å²) in [6.07, 6.45) is -4.69. The third-order valence-corrected chi connectivity index (χ3v) is 4.86. The van der Waals surface area contributed by atoms with Crippen LogP contribution in [-0.2, 0) is 16.2 Å². The summed E-state index contributed by atoms with van der Waals surface area (Å²) < 4.78 is 64.7. The standard InChI is InChI=1S/C13H8Cl2F3NO2S/c14-10-6-5-8(7-9(10)13(16,17)18)19-22(20,21)12-4-2-1-3-11(12)15/h1-7,19H. The Kier molecular flexibility index (Phi) is 4.60. The molecule has 2 aromatic carbocycles. The second-order valence-corrected chi connectivity index (χ2v) is 6.69. The zero-order valence-corrected chi connectivity index (χ0v) is 13.0. The van der Waals surface area contributed by atoms with Crippen LogP contribution in [0, 0.1) is 0 Å². The highest BCUT2D eigenvalue weighted by atomic mass is 35.5. The Morgan fingerprint density at radius 1 is 0.955 bits per heavy atom. The van der Waals surface area contributed by atoms with Gasteiger partial charge in [-0.25, -0.2) is 8.42 Å². The van der Waals surface area contributed by atoms with Crippen molar-refractivity contribution in [2.75, 3.05) is 4.72 Å². The topological polar surface area (TPSA) is 46.2 Å². The molecule has 0 spiro atoms. The minimum atomic E-state index is -4.69. The van der Waals surface area contributed by atoms with Crippen molar-refractivity contribution in [3.05, 3.63) is 58.1 Å². The molecule has 118 valence electrons. The van der Waals surface area contributed by atoms with E-state index >= 15 is 0 Å². The van der Waals surface area contributed by atoms with Crippen LogP contribution in [0.2, 0.25) is 10.0 Å². The molecule has 2 rings (SSSR count). The van der Waals surface area contributed by atoms with Gasteiger partial charge < -0.3 is 0 Å². The summed E-state index contributed by atoms with van der Waals surface area (Å²) in [4.78, 5) is -0.236. The van der Waals surface area contributed by atoms with E-state index in [1.54, 1.807) is 0 Å². The fraction of sp³-hybridized carbons (Fsp3) is 0.0769. The number of benzene rings is 2. The molecule has 0 unspecified atom stereocenters. The van der Waals surface area contributed by atoms with Crippen LogP contribution in [0.1, 0.15) is 5.56 Å². The number of anilines is 1. The Morgan fingerprint density at radius 3 is 2.18 bits per heavy atom. The number of sulfonamides is 1. The fourth-order valence-corrected chi connectivity index (χ4v) is 3.47. The van der Waals surface area contributed by atoms with Crippen molar-refractivity contribution in [1.82, 2.24) is 0 Å². The number of nitrogens with one attached hydrogen (secondary N) is 1. The van der Waals surface area contributed by atoms with Gasteiger partial charge >= 0.3 is 6.18 Å². The third kappa shape index (κ3) is 3.66. The average molecular weight is 370 g/mol. The van der Waals surface area contributed by atoms with Crippen molar-refractivity contribution >= 4 is 38.9 Å². The summed E-state index contributed by atoms with van der Waals surface area (Å²) in [6, 6.07) is 8.30. The molecule has 3 nitrogen and oxygen atoms in total. The van der Waals surface area contributed by atoms with E-state index in [1.807, 2.05) is 4.72 Å². The predicted octanol–water partition coefficient (Wildman–Crippen LogP) is 4.81. The van der Waals surface area contributed by atoms with E-state index < -0.39 is 26.8 Å². The maximum atomic E-state index is 12.8. The summed E-state index contributed by atoms with van der Waals surface area (Å²) >= 11 is 11.3. The first-order valence-corrected chi connectivity index (χ1v) is 7.99. The fourth-order valence-electron chi connectivity index (χ4n) is 1.68. The first-order valence-electron chi connectivity index (χ1n) is 5.75. The molecule has 0 heterocycles. The summed E-state index contributed by atoms with van der Waals surface area (Å²) in [5, 5.41) is -0.562. The summed E-state index contributed by atoms with van der Waals surface area (Å²) in [6.45, 7) is 0. The van der Waals surface area contributed by atoms with Gasteiger partial charge in [0.15, 0.2) is 0 Å². The Balaban J connectivity index is 2.41. The van der Waals surface area contributed by atoms with Gasteiger partial charge in [-0.1, -0.05) is 35.3 Å². The lowest BCUT2D eigenvalue weighted by atomic mass is 10.2. The molecule has 0 saturated heterocycles. The van der Waals surface area contributed by atoms with Crippen molar-refractivity contribution < 1.29 is 21.6 Å². The molecular formula is C13H8Cl2F3NO2S. The van der Waals surface area contributed by atoms with Gasteiger partial charge in [-0.3, -0.25) is 4.72 Å². The molecule has 1 N–H and O–H groups in total. The van der Waals surface area contributed by atoms with E-state index in [0.29, 0.717) is 6.07 Å². The summed E-state index contributed by atoms with van der Waals surface area (Å²) in [7, 11) is -4.11. The molecule has 22 heavy (non-hydrogen) atoms. The number of hydrogen-bond donors (Lipinski definition) is 1. The Labute approximate surface area is 134 Å². The minimum Gasteiger partial charge on any atom is -0.280 e. The van der Waals surface area contributed by atoms with Crippen LogP contribution in [0.4, 0.5) is 18.9 Å². The van der Waals surface area contributed by atoms with E-state index in [1.165, 1.54) is 24.3 Å². The lowest BCUT2D eigenvalue weighted by Crippen LogP contribution is -2.14. The Hall–Kier alpha value is -1.44. The molecule has 0 aromatic heterocycles. The van der Waals surface area contributed by atoms with Crippen LogP contribution in [0.25, 0.3) is 0 Å². The molecule has 2 aromatic rings. The van der Waals surface area contributed by atoms with Gasteiger partial charge in [0.05, 0.1) is 15.6 Å². The molecule has 9 heteroatoms. The molecule has 0 bridgehead atoms. The molecule has 0 fully saturated rings. The lowest BCUT2D eigenvalue weighted by molar-refractivity contribution is -0.137. The van der Waals surface area contributed by atoms with Crippen molar-refractivity contribution in [1.29, 1.82) is 0 Å². The highest BCUT2D eigenvalue weighted by molar-refractivity contribution is 7.92. The minimum absolute atomic E-state index is 0.0417. The van der Waals surface area contributed by atoms with E-state index in [-0.39, 0.29) is 15.6 Å². The van der Waals surface area contributed by atoms with Crippen molar-refractivity contribution in [3.8, 4) is 0 Å². The van der Waals surface area contributed by atoms with Crippen LogP contribution >= 0.6 is 23.2 Å². The zero-order valence-electron chi connectivity index (χ0n) is 10.7. The van der Waals surface area contributed by atoms with Crippen molar-refractivity contribution in [3.63, 3.8) is 0 Å². The smallest absolute Gasteiger partial charge is 0.280 e. The summed E-state index contributed by atoms with van der Waals surface area (Å²) in [5.41, 5.74) is -1.40. The quantitative estimate of drug-likeness (QED) is 0.843. The predicted molar refractivity (Wildman–Crippen MR) is 78.7 cm³/mol. The number of halogens is 5. The van der Waals surface area contributed by atoms with E-state index in [9.17, 15) is 21.6 Å². The maximum absolute atomic E-state index is 12.8. The van der Waals surface area contributed by atoms with Gasteiger partial charge in [-0.05, 0) is 30.3 Å². The van der Waals surface area contributed by atoms with Crippen LogP contribution in [-0.4, -0.2) is 8.42 Å².